The molecule has 1 fully saturated rings. The van der Waals surface area contributed by atoms with E-state index in [1.54, 1.807) is 13.8 Å². The van der Waals surface area contributed by atoms with Crippen LogP contribution in [0.15, 0.2) is 0 Å². The van der Waals surface area contributed by atoms with E-state index < -0.39 is 84.8 Å². The summed E-state index contributed by atoms with van der Waals surface area (Å²) in [6, 6.07) is -4.74. The number of nitrogens with zero attached hydrogens (tertiary/aromatic N) is 1. The Balaban J connectivity index is 3.46. The molecule has 14 nitrogen and oxygen atoms in total. The number of esters is 1. The first-order valence-electron chi connectivity index (χ1n) is 18.2. The van der Waals surface area contributed by atoms with Gasteiger partial charge in [0.1, 0.15) is 36.8 Å². The number of amides is 5. The topological polar surface area (TPSA) is 209 Å². The summed E-state index contributed by atoms with van der Waals surface area (Å²) in [7, 11) is 1.53. The highest BCUT2D eigenvalue weighted by Crippen LogP contribution is 2.22. The van der Waals surface area contributed by atoms with E-state index in [1.165, 1.54) is 31.2 Å². The van der Waals surface area contributed by atoms with Gasteiger partial charge in [0.25, 0.3) is 0 Å². The molecule has 0 saturated carbocycles. The van der Waals surface area contributed by atoms with Gasteiger partial charge in [0.05, 0.1) is 12.5 Å². The van der Waals surface area contributed by atoms with Crippen LogP contribution < -0.4 is 27.0 Å². The van der Waals surface area contributed by atoms with E-state index in [0.717, 1.165) is 25.7 Å². The summed E-state index contributed by atoms with van der Waals surface area (Å²) in [5.41, 5.74) is 5.80. The molecule has 1 saturated heterocycles. The lowest BCUT2D eigenvalue weighted by Gasteiger charge is -2.34. The van der Waals surface area contributed by atoms with Crippen molar-refractivity contribution >= 4 is 35.5 Å². The normalized spacial score (nSPS) is 26.1. The first kappa shape index (κ1) is 43.8. The number of aliphatic hydroxyl groups excluding tert-OH is 1. The van der Waals surface area contributed by atoms with Gasteiger partial charge >= 0.3 is 5.97 Å². The van der Waals surface area contributed by atoms with E-state index in [2.05, 4.69) is 28.2 Å². The number of carbonyl (C=O) groups excluding carboxylic acids is 6. The van der Waals surface area contributed by atoms with Crippen molar-refractivity contribution in [3.63, 3.8) is 0 Å². The van der Waals surface area contributed by atoms with Gasteiger partial charge in [-0.1, -0.05) is 92.9 Å². The van der Waals surface area contributed by atoms with Crippen LogP contribution in [0.25, 0.3) is 0 Å². The van der Waals surface area contributed by atoms with Crippen molar-refractivity contribution in [2.45, 2.75) is 142 Å². The number of carbonyl (C=O) groups is 6. The predicted molar refractivity (Wildman–Crippen MR) is 187 cm³/mol. The molecule has 0 bridgehead atoms. The molecule has 0 spiro atoms. The van der Waals surface area contributed by atoms with Gasteiger partial charge in [0.2, 0.25) is 29.5 Å². The third-order valence-electron chi connectivity index (χ3n) is 9.27. The fourth-order valence-corrected chi connectivity index (χ4v) is 5.82. The zero-order valence-electron chi connectivity index (χ0n) is 30.8. The lowest BCUT2D eigenvalue weighted by molar-refractivity contribution is -0.157. The second-order valence-electron chi connectivity index (χ2n) is 13.8. The largest absolute Gasteiger partial charge is 0.460 e. The molecule has 282 valence electrons. The number of aliphatic hydroxyl groups is 1. The SMILES string of the molecule is CCCCCCCCCC[C@H]1OC(=O)CNC(=O)[C@H](CO)NC(=O)[C@H](CN)NC(=O)[C@H]([C@H](C)CC)NC(=O)[C@H](CC(C)C)N(C)C(=O)[C@@H]1C. The van der Waals surface area contributed by atoms with E-state index in [-0.39, 0.29) is 18.4 Å². The van der Waals surface area contributed by atoms with Gasteiger partial charge in [-0.3, -0.25) is 28.8 Å². The van der Waals surface area contributed by atoms with E-state index >= 15 is 0 Å². The minimum atomic E-state index is -1.45. The van der Waals surface area contributed by atoms with Crippen LogP contribution >= 0.6 is 0 Å². The lowest BCUT2D eigenvalue weighted by atomic mass is 9.94. The fourth-order valence-electron chi connectivity index (χ4n) is 5.82. The zero-order chi connectivity index (χ0) is 37.1. The van der Waals surface area contributed by atoms with Crippen molar-refractivity contribution in [3.05, 3.63) is 0 Å². The zero-order valence-corrected chi connectivity index (χ0v) is 30.8. The first-order chi connectivity index (χ1) is 23.2. The molecular weight excluding hydrogens is 632 g/mol. The van der Waals surface area contributed by atoms with Crippen molar-refractivity contribution in [2.24, 2.45) is 23.5 Å². The van der Waals surface area contributed by atoms with Gasteiger partial charge in [-0.15, -0.1) is 0 Å². The Labute approximate surface area is 292 Å². The molecule has 49 heavy (non-hydrogen) atoms. The summed E-state index contributed by atoms with van der Waals surface area (Å²) in [6.45, 7) is 9.62. The Morgan fingerprint density at radius 1 is 0.837 bits per heavy atom. The van der Waals surface area contributed by atoms with Gasteiger partial charge in [0, 0.05) is 13.6 Å². The highest BCUT2D eigenvalue weighted by molar-refractivity contribution is 5.96. The monoisotopic (exact) mass is 696 g/mol. The Morgan fingerprint density at radius 3 is 1.98 bits per heavy atom. The Morgan fingerprint density at radius 2 is 1.43 bits per heavy atom. The minimum Gasteiger partial charge on any atom is -0.460 e. The summed E-state index contributed by atoms with van der Waals surface area (Å²) in [5.74, 6) is -5.23. The minimum absolute atomic E-state index is 0.0122. The van der Waals surface area contributed by atoms with Crippen molar-refractivity contribution < 1.29 is 38.6 Å². The fraction of sp³-hybridized carbons (Fsp3) is 0.829. The molecule has 1 heterocycles. The van der Waals surface area contributed by atoms with E-state index in [0.29, 0.717) is 25.7 Å². The maximum atomic E-state index is 14.0. The third kappa shape index (κ3) is 15.0. The summed E-state index contributed by atoms with van der Waals surface area (Å²) in [6.07, 6.45) is 8.85. The molecule has 5 amide bonds. The molecule has 0 aromatic heterocycles. The summed E-state index contributed by atoms with van der Waals surface area (Å²) < 4.78 is 5.78. The van der Waals surface area contributed by atoms with Crippen LogP contribution in [0.5, 0.6) is 0 Å². The highest BCUT2D eigenvalue weighted by Gasteiger charge is 2.38. The number of nitrogens with two attached hydrogens (primary N) is 1. The number of nitrogens with one attached hydrogen (secondary N) is 4. The van der Waals surface area contributed by atoms with Crippen LogP contribution in [0.2, 0.25) is 0 Å². The molecule has 7 N–H and O–H groups in total. The molecule has 1 aliphatic rings. The van der Waals surface area contributed by atoms with Gasteiger partial charge in [-0.25, -0.2) is 0 Å². The highest BCUT2D eigenvalue weighted by atomic mass is 16.5. The first-order valence-corrected chi connectivity index (χ1v) is 18.2. The lowest BCUT2D eigenvalue weighted by Crippen LogP contribution is -2.61. The maximum Gasteiger partial charge on any atom is 0.325 e. The predicted octanol–water partition coefficient (Wildman–Crippen LogP) is 1.52. The third-order valence-corrected chi connectivity index (χ3v) is 9.27. The number of unbranched alkanes of at least 4 members (excludes halogenated alkanes) is 7. The molecule has 0 aromatic carbocycles. The second kappa shape index (κ2) is 23.2. The molecule has 0 aliphatic carbocycles. The van der Waals surface area contributed by atoms with Crippen LogP contribution in [-0.4, -0.2) is 103 Å². The number of cyclic esters (lactones) is 1. The van der Waals surface area contributed by atoms with Crippen LogP contribution in [0.1, 0.15) is 112 Å². The van der Waals surface area contributed by atoms with E-state index in [4.69, 9.17) is 10.5 Å². The van der Waals surface area contributed by atoms with Gasteiger partial charge < -0.3 is 41.7 Å². The Bertz CT molecular complexity index is 1070. The van der Waals surface area contributed by atoms with Crippen LogP contribution in [-0.2, 0) is 33.5 Å². The smallest absolute Gasteiger partial charge is 0.325 e. The van der Waals surface area contributed by atoms with Crippen LogP contribution in [0.3, 0.4) is 0 Å². The molecule has 14 heteroatoms. The molecule has 7 atom stereocenters. The van der Waals surface area contributed by atoms with Gasteiger partial charge in [-0.2, -0.15) is 0 Å². The van der Waals surface area contributed by atoms with Gasteiger partial charge in [-0.05, 0) is 31.1 Å². The number of ether oxygens (including phenoxy) is 1. The molecule has 0 aromatic rings. The second-order valence-corrected chi connectivity index (χ2v) is 13.8. The summed E-state index contributed by atoms with van der Waals surface area (Å²) in [4.78, 5) is 81.6. The van der Waals surface area contributed by atoms with Gasteiger partial charge in [0.15, 0.2) is 0 Å². The average Bonchev–Trinajstić information content (AvgIpc) is 3.08. The van der Waals surface area contributed by atoms with Crippen molar-refractivity contribution in [1.82, 2.24) is 26.2 Å². The van der Waals surface area contributed by atoms with Crippen LogP contribution in [0, 0.1) is 17.8 Å². The Kier molecular flexibility index (Phi) is 20.7. The summed E-state index contributed by atoms with van der Waals surface area (Å²) in [5, 5.41) is 19.9. The number of hydrogen-bond acceptors (Lipinski definition) is 9. The summed E-state index contributed by atoms with van der Waals surface area (Å²) >= 11 is 0. The van der Waals surface area contributed by atoms with E-state index in [1.807, 2.05) is 20.8 Å². The number of hydrogen-bond donors (Lipinski definition) is 6. The standard InChI is InChI=1S/C35H64N6O8/c1-8-10-11-12-13-14-15-16-17-28-24(6)35(48)41(7)27(18-22(3)4)33(46)40-30(23(5)9-2)34(47)38-25(19-36)32(45)39-26(21-42)31(44)37-20-29(43)49-28/h22-28,30,42H,8-21,36H2,1-7H3,(H,37,44)(H,38,47)(H,39,45)(H,40,46)/t23-,24-,25+,26+,27+,28-,30+/m1/s1. The molecule has 1 rings (SSSR count). The molecule has 1 aliphatic heterocycles. The average molecular weight is 697 g/mol. The van der Waals surface area contributed by atoms with Crippen molar-refractivity contribution in [1.29, 1.82) is 0 Å². The van der Waals surface area contributed by atoms with Crippen molar-refractivity contribution in [2.75, 3.05) is 26.7 Å². The maximum absolute atomic E-state index is 14.0. The number of rotatable bonds is 15. The van der Waals surface area contributed by atoms with Crippen molar-refractivity contribution in [3.8, 4) is 0 Å². The number of likely N-dealkylation sites (N-methyl/N-ethyl adjacent to an activating group) is 1. The molecular formula is C35H64N6O8. The Hall–Kier alpha value is -3.26. The van der Waals surface area contributed by atoms with Crippen LogP contribution in [0.4, 0.5) is 0 Å². The molecule has 0 unspecified atom stereocenters. The van der Waals surface area contributed by atoms with E-state index in [9.17, 15) is 33.9 Å². The quantitative estimate of drug-likeness (QED) is 0.108. The molecule has 0 radical (unpaired) electrons.